The van der Waals surface area contributed by atoms with Crippen molar-refractivity contribution in [2.24, 2.45) is 0 Å². The molecule has 7 heteroatoms. The Morgan fingerprint density at radius 2 is 1.64 bits per heavy atom. The van der Waals surface area contributed by atoms with E-state index in [2.05, 4.69) is 4.72 Å². The molecule has 0 spiro atoms. The average molecular weight is 360 g/mol. The van der Waals surface area contributed by atoms with Crippen LogP contribution in [0.5, 0.6) is 11.5 Å². The van der Waals surface area contributed by atoms with Gasteiger partial charge >= 0.3 is 0 Å². The molecule has 0 bridgehead atoms. The van der Waals surface area contributed by atoms with Crippen molar-refractivity contribution in [1.29, 1.82) is 5.26 Å². The zero-order valence-electron chi connectivity index (χ0n) is 14.5. The monoisotopic (exact) mass is 360 g/mol. The van der Waals surface area contributed by atoms with Crippen molar-refractivity contribution in [1.82, 2.24) is 4.72 Å². The summed E-state index contributed by atoms with van der Waals surface area (Å²) in [5.74, 6) is 0.906. The van der Waals surface area contributed by atoms with Crippen molar-refractivity contribution < 1.29 is 17.9 Å². The van der Waals surface area contributed by atoms with E-state index < -0.39 is 15.6 Å². The molecular weight excluding hydrogens is 340 g/mol. The van der Waals surface area contributed by atoms with Crippen molar-refractivity contribution in [2.75, 3.05) is 14.2 Å². The molecule has 0 saturated heterocycles. The molecule has 0 radical (unpaired) electrons. The second-order valence-corrected chi connectivity index (χ2v) is 7.41. The Kier molecular flexibility index (Phi) is 5.36. The zero-order valence-corrected chi connectivity index (χ0v) is 15.3. The molecule has 0 aliphatic rings. The van der Waals surface area contributed by atoms with E-state index in [9.17, 15) is 13.7 Å². The minimum absolute atomic E-state index is 0.0973. The van der Waals surface area contributed by atoms with Crippen LogP contribution in [0.1, 0.15) is 18.1 Å². The Labute approximate surface area is 148 Å². The first-order chi connectivity index (χ1) is 11.8. The highest BCUT2D eigenvalue weighted by atomic mass is 32.2. The first-order valence-corrected chi connectivity index (χ1v) is 8.98. The normalized spacial score (nSPS) is 13.6. The summed E-state index contributed by atoms with van der Waals surface area (Å²) in [6, 6.07) is 13.3. The summed E-state index contributed by atoms with van der Waals surface area (Å²) in [7, 11) is -0.900. The van der Waals surface area contributed by atoms with Crippen LogP contribution in [0.25, 0.3) is 0 Å². The highest BCUT2D eigenvalue weighted by Gasteiger charge is 2.33. The number of methoxy groups -OCH3 is 2. The zero-order chi connectivity index (χ0) is 18.7. The number of rotatable bonds is 6. The molecule has 132 valence electrons. The molecule has 0 saturated carbocycles. The molecule has 0 fully saturated rings. The summed E-state index contributed by atoms with van der Waals surface area (Å²) >= 11 is 0. The molecule has 0 aliphatic carbocycles. The molecular formula is C18H20N2O4S. The Morgan fingerprint density at radius 1 is 1.04 bits per heavy atom. The third-order valence-corrected chi connectivity index (χ3v) is 5.42. The predicted molar refractivity (Wildman–Crippen MR) is 94.0 cm³/mol. The average Bonchev–Trinajstić information content (AvgIpc) is 2.60. The highest BCUT2D eigenvalue weighted by molar-refractivity contribution is 7.89. The van der Waals surface area contributed by atoms with Gasteiger partial charge in [0.25, 0.3) is 0 Å². The van der Waals surface area contributed by atoms with Crippen molar-refractivity contribution in [3.8, 4) is 17.6 Å². The van der Waals surface area contributed by atoms with Gasteiger partial charge in [-0.3, -0.25) is 0 Å². The summed E-state index contributed by atoms with van der Waals surface area (Å²) < 4.78 is 38.2. The van der Waals surface area contributed by atoms with E-state index in [0.29, 0.717) is 17.1 Å². The smallest absolute Gasteiger partial charge is 0.242 e. The quantitative estimate of drug-likeness (QED) is 0.856. The van der Waals surface area contributed by atoms with E-state index >= 15 is 0 Å². The van der Waals surface area contributed by atoms with Crippen LogP contribution in [0.4, 0.5) is 0 Å². The lowest BCUT2D eigenvalue weighted by Gasteiger charge is -2.24. The third-order valence-electron chi connectivity index (χ3n) is 3.85. The molecule has 25 heavy (non-hydrogen) atoms. The number of ether oxygens (including phenoxy) is 2. The summed E-state index contributed by atoms with van der Waals surface area (Å²) in [6.07, 6.45) is 0. The lowest BCUT2D eigenvalue weighted by molar-refractivity contribution is 0.353. The summed E-state index contributed by atoms with van der Waals surface area (Å²) in [5.41, 5.74) is -0.0753. The van der Waals surface area contributed by atoms with Gasteiger partial charge in [-0.1, -0.05) is 23.8 Å². The SMILES string of the molecule is COc1ccc([C@@](C)(C#N)NS(=O)(=O)c2ccc(C)cc2)cc1OC. The van der Waals surface area contributed by atoms with E-state index in [1.165, 1.54) is 33.3 Å². The largest absolute Gasteiger partial charge is 0.493 e. The maximum Gasteiger partial charge on any atom is 0.242 e. The summed E-state index contributed by atoms with van der Waals surface area (Å²) in [4.78, 5) is 0.0973. The number of nitrogens with one attached hydrogen (secondary N) is 1. The second kappa shape index (κ2) is 7.13. The second-order valence-electron chi connectivity index (χ2n) is 5.73. The van der Waals surface area contributed by atoms with Gasteiger partial charge in [0.2, 0.25) is 10.0 Å². The van der Waals surface area contributed by atoms with Gasteiger partial charge < -0.3 is 9.47 Å². The van der Waals surface area contributed by atoms with Crippen LogP contribution in [0.2, 0.25) is 0 Å². The van der Waals surface area contributed by atoms with E-state index in [1.807, 2.05) is 13.0 Å². The maximum atomic E-state index is 12.7. The molecule has 2 aromatic carbocycles. The van der Waals surface area contributed by atoms with Gasteiger partial charge in [-0.05, 0) is 43.7 Å². The number of nitrogens with zero attached hydrogens (tertiary/aromatic N) is 1. The molecule has 0 aliphatic heterocycles. The van der Waals surface area contributed by atoms with E-state index in [4.69, 9.17) is 9.47 Å². The van der Waals surface area contributed by atoms with Gasteiger partial charge in [-0.25, -0.2) is 8.42 Å². The fourth-order valence-electron chi connectivity index (χ4n) is 2.34. The molecule has 2 aromatic rings. The lowest BCUT2D eigenvalue weighted by Crippen LogP contribution is -2.42. The number of benzene rings is 2. The van der Waals surface area contributed by atoms with Gasteiger partial charge in [0.15, 0.2) is 11.5 Å². The number of aryl methyl sites for hydroxylation is 1. The van der Waals surface area contributed by atoms with Gasteiger partial charge in [-0.2, -0.15) is 9.98 Å². The molecule has 0 amide bonds. The minimum atomic E-state index is -3.87. The molecule has 0 unspecified atom stereocenters. The van der Waals surface area contributed by atoms with Crippen molar-refractivity contribution in [2.45, 2.75) is 24.3 Å². The van der Waals surface area contributed by atoms with E-state index in [0.717, 1.165) is 5.56 Å². The number of sulfonamides is 1. The number of hydrogen-bond acceptors (Lipinski definition) is 5. The first-order valence-electron chi connectivity index (χ1n) is 7.50. The van der Waals surface area contributed by atoms with Crippen LogP contribution in [0, 0.1) is 18.3 Å². The van der Waals surface area contributed by atoms with Crippen LogP contribution >= 0.6 is 0 Å². The van der Waals surface area contributed by atoms with Crippen LogP contribution < -0.4 is 14.2 Å². The van der Waals surface area contributed by atoms with E-state index in [1.54, 1.807) is 30.3 Å². The van der Waals surface area contributed by atoms with Gasteiger partial charge in [0.05, 0.1) is 25.2 Å². The van der Waals surface area contributed by atoms with Gasteiger partial charge in [0.1, 0.15) is 5.54 Å². The van der Waals surface area contributed by atoms with E-state index in [-0.39, 0.29) is 4.90 Å². The van der Waals surface area contributed by atoms with Crippen molar-refractivity contribution in [3.63, 3.8) is 0 Å². The van der Waals surface area contributed by atoms with Crippen molar-refractivity contribution >= 4 is 10.0 Å². The standard InChI is InChI=1S/C18H20N2O4S/c1-13-5-8-15(9-6-13)25(21,22)20-18(2,12-19)14-7-10-16(23-3)17(11-14)24-4/h5-11,20H,1-4H3/t18-/m1/s1. The Balaban J connectivity index is 2.44. The van der Waals surface area contributed by atoms with Crippen LogP contribution in [0.15, 0.2) is 47.4 Å². The topological polar surface area (TPSA) is 88.4 Å². The van der Waals surface area contributed by atoms with Gasteiger partial charge in [0, 0.05) is 0 Å². The van der Waals surface area contributed by atoms with Crippen LogP contribution in [-0.2, 0) is 15.6 Å². The minimum Gasteiger partial charge on any atom is -0.493 e. The Morgan fingerprint density at radius 3 is 2.16 bits per heavy atom. The number of nitriles is 1. The maximum absolute atomic E-state index is 12.7. The van der Waals surface area contributed by atoms with Crippen LogP contribution in [-0.4, -0.2) is 22.6 Å². The molecule has 0 aromatic heterocycles. The molecule has 0 heterocycles. The first kappa shape index (κ1) is 18.8. The van der Waals surface area contributed by atoms with Gasteiger partial charge in [-0.15, -0.1) is 0 Å². The predicted octanol–water partition coefficient (Wildman–Crippen LogP) is 2.73. The molecule has 1 atom stereocenters. The van der Waals surface area contributed by atoms with Crippen LogP contribution in [0.3, 0.4) is 0 Å². The fourth-order valence-corrected chi connectivity index (χ4v) is 3.65. The molecule has 1 N–H and O–H groups in total. The Hall–Kier alpha value is -2.56. The fraction of sp³-hybridized carbons (Fsp3) is 0.278. The number of hydrogen-bond donors (Lipinski definition) is 1. The Bertz CT molecular complexity index is 902. The molecule has 6 nitrogen and oxygen atoms in total. The lowest BCUT2D eigenvalue weighted by atomic mass is 9.94. The highest BCUT2D eigenvalue weighted by Crippen LogP contribution is 2.32. The molecule has 2 rings (SSSR count). The van der Waals surface area contributed by atoms with Crippen molar-refractivity contribution in [3.05, 3.63) is 53.6 Å². The third kappa shape index (κ3) is 3.92. The summed E-state index contributed by atoms with van der Waals surface area (Å²) in [6.45, 7) is 3.37. The summed E-state index contributed by atoms with van der Waals surface area (Å²) in [5, 5.41) is 9.63.